The lowest BCUT2D eigenvalue weighted by atomic mass is 10.1. The molecular formula is C22H16Cl6N2O5. The molecule has 3 rings (SSSR count). The van der Waals surface area contributed by atoms with Crippen molar-refractivity contribution in [3.05, 3.63) is 59.5 Å². The molecule has 0 aromatic heterocycles. The number of nitrogens with one attached hydrogen (secondary N) is 1. The van der Waals surface area contributed by atoms with Gasteiger partial charge in [-0.25, -0.2) is 4.79 Å². The van der Waals surface area contributed by atoms with Gasteiger partial charge in [-0.1, -0.05) is 95.4 Å². The van der Waals surface area contributed by atoms with Gasteiger partial charge in [0.2, 0.25) is 0 Å². The minimum absolute atomic E-state index is 0.0826. The van der Waals surface area contributed by atoms with Gasteiger partial charge in [0.05, 0.1) is 47.0 Å². The lowest BCUT2D eigenvalue weighted by Crippen LogP contribution is -2.46. The van der Waals surface area contributed by atoms with E-state index in [0.717, 1.165) is 0 Å². The van der Waals surface area contributed by atoms with Gasteiger partial charge >= 0.3 is 5.97 Å². The predicted molar refractivity (Wildman–Crippen MR) is 136 cm³/mol. The lowest BCUT2D eigenvalue weighted by Gasteiger charge is -2.24. The van der Waals surface area contributed by atoms with Gasteiger partial charge in [0.1, 0.15) is 6.04 Å². The van der Waals surface area contributed by atoms with Crippen molar-refractivity contribution in [2.24, 2.45) is 0 Å². The summed E-state index contributed by atoms with van der Waals surface area (Å²) in [7, 11) is 0. The van der Waals surface area contributed by atoms with E-state index in [1.165, 1.54) is 6.07 Å². The Balaban J connectivity index is 1.81. The maximum Gasteiger partial charge on any atom is 0.329 e. The second-order valence-electron chi connectivity index (χ2n) is 7.40. The molecule has 0 saturated heterocycles. The molecule has 2 aromatic carbocycles. The minimum atomic E-state index is -1.34. The van der Waals surface area contributed by atoms with Crippen LogP contribution in [0.5, 0.6) is 0 Å². The smallest absolute Gasteiger partial charge is 0.329 e. The van der Waals surface area contributed by atoms with Gasteiger partial charge in [0, 0.05) is 0 Å². The second-order valence-corrected chi connectivity index (χ2v) is 9.70. The van der Waals surface area contributed by atoms with Crippen LogP contribution in [0, 0.1) is 0 Å². The SMILES string of the molecule is CCCC[C@@H](C(=O)OCC(=O)Nc1cccc(Cl)c1Cl)N1C(=O)c2c(Cl)c(Cl)c(Cl)c(Cl)c2C1=O. The topological polar surface area (TPSA) is 92.8 Å². The van der Waals surface area contributed by atoms with E-state index >= 15 is 0 Å². The van der Waals surface area contributed by atoms with E-state index in [-0.39, 0.29) is 53.4 Å². The van der Waals surface area contributed by atoms with Crippen LogP contribution in [-0.2, 0) is 14.3 Å². The quantitative estimate of drug-likeness (QED) is 0.153. The average Bonchev–Trinajstić information content (AvgIpc) is 3.08. The molecule has 0 aliphatic carbocycles. The Morgan fingerprint density at radius 3 is 2.03 bits per heavy atom. The highest BCUT2D eigenvalue weighted by molar-refractivity contribution is 6.55. The highest BCUT2D eigenvalue weighted by Crippen LogP contribution is 2.45. The number of halogens is 6. The summed E-state index contributed by atoms with van der Waals surface area (Å²) in [5.41, 5.74) is -0.279. The molecule has 0 unspecified atom stereocenters. The zero-order valence-corrected chi connectivity index (χ0v) is 22.4. The van der Waals surface area contributed by atoms with Crippen LogP contribution in [0.25, 0.3) is 0 Å². The number of hydrogen-bond donors (Lipinski definition) is 1. The van der Waals surface area contributed by atoms with Crippen molar-refractivity contribution >= 4 is 99.0 Å². The Kier molecular flexibility index (Phi) is 9.18. The number of ether oxygens (including phenoxy) is 1. The Hall–Kier alpha value is -1.74. The number of carbonyl (C=O) groups excluding carboxylic acids is 4. The van der Waals surface area contributed by atoms with Gasteiger partial charge in [-0.3, -0.25) is 19.3 Å². The summed E-state index contributed by atoms with van der Waals surface area (Å²) in [6.07, 6.45) is 1.21. The minimum Gasteiger partial charge on any atom is -0.454 e. The molecule has 0 fully saturated rings. The molecular weight excluding hydrogens is 585 g/mol. The van der Waals surface area contributed by atoms with E-state index in [0.29, 0.717) is 17.7 Å². The number of carbonyl (C=O) groups is 4. The fraction of sp³-hybridized carbons (Fsp3) is 0.273. The van der Waals surface area contributed by atoms with E-state index in [9.17, 15) is 19.2 Å². The van der Waals surface area contributed by atoms with Gasteiger partial charge in [0.25, 0.3) is 17.7 Å². The molecule has 1 N–H and O–H groups in total. The predicted octanol–water partition coefficient (Wildman–Crippen LogP) is 6.94. The molecule has 1 atom stereocenters. The summed E-state index contributed by atoms with van der Waals surface area (Å²) >= 11 is 36.4. The highest BCUT2D eigenvalue weighted by Gasteiger charge is 2.47. The molecule has 0 saturated carbocycles. The maximum absolute atomic E-state index is 13.1. The van der Waals surface area contributed by atoms with Crippen molar-refractivity contribution < 1.29 is 23.9 Å². The van der Waals surface area contributed by atoms with E-state index < -0.39 is 36.3 Å². The van der Waals surface area contributed by atoms with E-state index in [1.54, 1.807) is 12.1 Å². The van der Waals surface area contributed by atoms with Crippen LogP contribution >= 0.6 is 69.6 Å². The molecule has 1 aliphatic heterocycles. The van der Waals surface area contributed by atoms with Gasteiger partial charge in [-0.2, -0.15) is 0 Å². The standard InChI is InChI=1S/C22H16Cl6N2O5/c1-2-3-7-11(22(34)35-8-12(31)29-10-6-4-5-9(23)15(10)24)30-20(32)13-14(21(30)33)17(26)19(28)18(27)16(13)25/h4-6,11H,2-3,7-8H2,1H3,(H,29,31)/t11-/m0/s1. The second kappa shape index (κ2) is 11.5. The van der Waals surface area contributed by atoms with E-state index in [2.05, 4.69) is 5.32 Å². The van der Waals surface area contributed by atoms with Crippen molar-refractivity contribution in [2.45, 2.75) is 32.2 Å². The fourth-order valence-corrected chi connectivity index (χ4v) is 4.78. The first-order valence-electron chi connectivity index (χ1n) is 10.2. The van der Waals surface area contributed by atoms with Crippen LogP contribution in [-0.4, -0.2) is 41.2 Å². The summed E-state index contributed by atoms with van der Waals surface area (Å²) in [5.74, 6) is -3.42. The molecule has 7 nitrogen and oxygen atoms in total. The number of unbranched alkanes of at least 4 members (excludes halogenated alkanes) is 1. The largest absolute Gasteiger partial charge is 0.454 e. The monoisotopic (exact) mass is 598 g/mol. The van der Waals surface area contributed by atoms with Gasteiger partial charge in [-0.05, 0) is 18.6 Å². The Bertz CT molecular complexity index is 1190. The van der Waals surface area contributed by atoms with E-state index in [1.807, 2.05) is 6.92 Å². The Labute approximate surface area is 230 Å². The Morgan fingerprint density at radius 1 is 0.914 bits per heavy atom. The third kappa shape index (κ3) is 5.50. The van der Waals surface area contributed by atoms with Crippen LogP contribution in [0.2, 0.25) is 30.1 Å². The van der Waals surface area contributed by atoms with Crippen LogP contribution in [0.4, 0.5) is 5.69 Å². The number of amides is 3. The normalized spacial score (nSPS) is 13.6. The molecule has 0 spiro atoms. The first kappa shape index (κ1) is 27.8. The number of esters is 1. The van der Waals surface area contributed by atoms with Crippen LogP contribution in [0.3, 0.4) is 0 Å². The molecule has 13 heteroatoms. The van der Waals surface area contributed by atoms with Gasteiger partial charge in [0.15, 0.2) is 6.61 Å². The van der Waals surface area contributed by atoms with Crippen molar-refractivity contribution in [3.8, 4) is 0 Å². The van der Waals surface area contributed by atoms with Gasteiger partial charge in [-0.15, -0.1) is 0 Å². The fourth-order valence-electron chi connectivity index (χ4n) is 3.42. The number of hydrogen-bond acceptors (Lipinski definition) is 5. The zero-order valence-electron chi connectivity index (χ0n) is 17.9. The maximum atomic E-state index is 13.1. The molecule has 0 radical (unpaired) electrons. The summed E-state index contributed by atoms with van der Waals surface area (Å²) in [6, 6.07) is 3.29. The number of anilines is 1. The van der Waals surface area contributed by atoms with Crippen molar-refractivity contribution in [1.82, 2.24) is 4.90 Å². The molecule has 186 valence electrons. The number of benzene rings is 2. The summed E-state index contributed by atoms with van der Waals surface area (Å²) in [4.78, 5) is 52.3. The molecule has 3 amide bonds. The molecule has 0 bridgehead atoms. The number of nitrogens with zero attached hydrogens (tertiary/aromatic N) is 1. The van der Waals surface area contributed by atoms with Crippen LogP contribution < -0.4 is 5.32 Å². The molecule has 35 heavy (non-hydrogen) atoms. The third-order valence-corrected chi connectivity index (χ3v) is 7.74. The van der Waals surface area contributed by atoms with Crippen molar-refractivity contribution in [1.29, 1.82) is 0 Å². The summed E-state index contributed by atoms with van der Waals surface area (Å²) < 4.78 is 5.13. The van der Waals surface area contributed by atoms with Crippen molar-refractivity contribution in [2.75, 3.05) is 11.9 Å². The summed E-state index contributed by atoms with van der Waals surface area (Å²) in [6.45, 7) is 1.16. The number of fused-ring (bicyclic) bond motifs is 1. The number of rotatable bonds is 8. The van der Waals surface area contributed by atoms with Crippen LogP contribution in [0.1, 0.15) is 46.9 Å². The summed E-state index contributed by atoms with van der Waals surface area (Å²) in [5, 5.41) is 1.93. The average molecular weight is 601 g/mol. The molecule has 1 aliphatic rings. The van der Waals surface area contributed by atoms with Gasteiger partial charge < -0.3 is 10.1 Å². The molecule has 1 heterocycles. The third-order valence-electron chi connectivity index (χ3n) is 5.12. The zero-order chi connectivity index (χ0) is 26.0. The number of imide groups is 1. The Morgan fingerprint density at radius 2 is 1.49 bits per heavy atom. The highest BCUT2D eigenvalue weighted by atomic mass is 35.5. The van der Waals surface area contributed by atoms with E-state index in [4.69, 9.17) is 74.3 Å². The van der Waals surface area contributed by atoms with Crippen LogP contribution in [0.15, 0.2) is 18.2 Å². The molecule has 2 aromatic rings. The first-order chi connectivity index (χ1) is 16.5. The lowest BCUT2D eigenvalue weighted by molar-refractivity contribution is -0.151. The van der Waals surface area contributed by atoms with Crippen molar-refractivity contribution in [3.63, 3.8) is 0 Å². The first-order valence-corrected chi connectivity index (χ1v) is 12.4.